The highest BCUT2D eigenvalue weighted by atomic mass is 32.2. The maximum atomic E-state index is 11.8. The maximum absolute atomic E-state index is 11.8. The zero-order chi connectivity index (χ0) is 14.5. The normalized spacial score (nSPS) is 13.1. The summed E-state index contributed by atoms with van der Waals surface area (Å²) in [7, 11) is -3.69. The van der Waals surface area contributed by atoms with E-state index in [1.807, 2.05) is 27.7 Å². The van der Waals surface area contributed by atoms with E-state index >= 15 is 0 Å². The highest BCUT2D eigenvalue weighted by molar-refractivity contribution is 7.99. The molecule has 0 aliphatic rings. The molecule has 0 radical (unpaired) electrons. The van der Waals surface area contributed by atoms with Crippen molar-refractivity contribution in [2.75, 3.05) is 6.61 Å². The Hall–Kier alpha value is -0.850. The quantitative estimate of drug-likeness (QED) is 0.476. The lowest BCUT2D eigenvalue weighted by molar-refractivity contribution is 0.371. The molecule has 0 fully saturated rings. The van der Waals surface area contributed by atoms with Crippen molar-refractivity contribution in [3.63, 3.8) is 0 Å². The minimum absolute atomic E-state index is 0.00628. The highest BCUT2D eigenvalue weighted by Crippen LogP contribution is 2.23. The van der Waals surface area contributed by atoms with Crippen LogP contribution in [0.15, 0.2) is 33.6 Å². The molecule has 0 aliphatic carbocycles. The third-order valence-corrected chi connectivity index (χ3v) is 4.11. The van der Waals surface area contributed by atoms with E-state index in [1.54, 1.807) is 12.1 Å². The van der Waals surface area contributed by atoms with Crippen molar-refractivity contribution in [1.82, 2.24) is 0 Å². The van der Waals surface area contributed by atoms with Crippen molar-refractivity contribution >= 4 is 28.3 Å². The minimum atomic E-state index is -3.69. The Kier molecular flexibility index (Phi) is 5.58. The fraction of sp³-hybridized carbons (Fsp3) is 0.462. The molecule has 0 saturated carbocycles. The van der Waals surface area contributed by atoms with Gasteiger partial charge < -0.3 is 0 Å². The Balaban J connectivity index is 2.55. The molecule has 0 unspecified atom stereocenters. The molecule has 4 nitrogen and oxygen atoms in total. The molecule has 0 amide bonds. The summed E-state index contributed by atoms with van der Waals surface area (Å²) < 4.78 is 32.6. The summed E-state index contributed by atoms with van der Waals surface area (Å²) in [6, 6.07) is 6.54. The number of hydrogen-bond acceptors (Lipinski definition) is 5. The molecule has 6 heteroatoms. The second-order valence-electron chi connectivity index (χ2n) is 5.04. The average Bonchev–Trinajstić information content (AvgIpc) is 2.27. The zero-order valence-electron chi connectivity index (χ0n) is 11.6. The molecular formula is C13H19NO3S2. The summed E-state index contributed by atoms with van der Waals surface area (Å²) >= 11 is 1.38. The zero-order valence-corrected chi connectivity index (χ0v) is 13.2. The van der Waals surface area contributed by atoms with Crippen LogP contribution in [0, 0.1) is 6.92 Å². The molecule has 0 saturated heterocycles. The van der Waals surface area contributed by atoms with Crippen molar-refractivity contribution in [3.8, 4) is 0 Å². The highest BCUT2D eigenvalue weighted by Gasteiger charge is 2.14. The van der Waals surface area contributed by atoms with Gasteiger partial charge in [-0.3, -0.25) is 4.18 Å². The van der Waals surface area contributed by atoms with E-state index in [0.717, 1.165) is 5.56 Å². The SMILES string of the molecule is Cc1ccc(S(=O)(=O)OCC=NSC(C)(C)C)cc1. The molecule has 1 aromatic rings. The third kappa shape index (κ3) is 6.22. The van der Waals surface area contributed by atoms with Gasteiger partial charge in [-0.05, 0) is 51.8 Å². The van der Waals surface area contributed by atoms with E-state index in [0.29, 0.717) is 0 Å². The van der Waals surface area contributed by atoms with Crippen LogP contribution in [0.1, 0.15) is 26.3 Å². The number of hydrogen-bond donors (Lipinski definition) is 0. The van der Waals surface area contributed by atoms with Crippen LogP contribution < -0.4 is 0 Å². The molecule has 1 rings (SSSR count). The van der Waals surface area contributed by atoms with E-state index in [2.05, 4.69) is 4.40 Å². The van der Waals surface area contributed by atoms with Gasteiger partial charge in [0.05, 0.1) is 4.90 Å². The van der Waals surface area contributed by atoms with Crippen molar-refractivity contribution in [2.45, 2.75) is 37.3 Å². The number of aryl methyl sites for hydroxylation is 1. The number of nitrogens with zero attached hydrogens (tertiary/aromatic N) is 1. The van der Waals surface area contributed by atoms with Gasteiger partial charge in [-0.1, -0.05) is 17.7 Å². The fourth-order valence-electron chi connectivity index (χ4n) is 1.12. The van der Waals surface area contributed by atoms with E-state index in [-0.39, 0.29) is 16.2 Å². The molecule has 0 heterocycles. The summed E-state index contributed by atoms with van der Waals surface area (Å²) in [5.41, 5.74) is 1.00. The van der Waals surface area contributed by atoms with Gasteiger partial charge in [-0.25, -0.2) is 4.40 Å². The van der Waals surface area contributed by atoms with Crippen LogP contribution in [0.2, 0.25) is 0 Å². The lowest BCUT2D eigenvalue weighted by Gasteiger charge is -2.12. The molecule has 0 N–H and O–H groups in total. The first kappa shape index (κ1) is 16.2. The van der Waals surface area contributed by atoms with Crippen LogP contribution in [-0.4, -0.2) is 26.0 Å². The smallest absolute Gasteiger partial charge is 0.261 e. The van der Waals surface area contributed by atoms with Crippen LogP contribution in [0.25, 0.3) is 0 Å². The van der Waals surface area contributed by atoms with Gasteiger partial charge in [0, 0.05) is 11.0 Å². The first-order chi connectivity index (χ1) is 8.71. The maximum Gasteiger partial charge on any atom is 0.297 e. The predicted octanol–water partition coefficient (Wildman–Crippen LogP) is 3.22. The largest absolute Gasteiger partial charge is 0.297 e. The van der Waals surface area contributed by atoms with Crippen LogP contribution in [-0.2, 0) is 14.3 Å². The van der Waals surface area contributed by atoms with E-state index in [4.69, 9.17) is 4.18 Å². The molecule has 0 atom stereocenters. The summed E-state index contributed by atoms with van der Waals surface area (Å²) in [4.78, 5) is 0.162. The Bertz CT molecular complexity index is 528. The second kappa shape index (κ2) is 6.54. The Morgan fingerprint density at radius 1 is 1.26 bits per heavy atom. The van der Waals surface area contributed by atoms with Gasteiger partial charge in [0.2, 0.25) is 0 Å². The van der Waals surface area contributed by atoms with E-state index in [9.17, 15) is 8.42 Å². The summed E-state index contributed by atoms with van der Waals surface area (Å²) in [5, 5.41) is 0. The topological polar surface area (TPSA) is 55.7 Å². The summed E-state index contributed by atoms with van der Waals surface area (Å²) in [5.74, 6) is 0. The molecule has 1 aromatic carbocycles. The number of rotatable bonds is 5. The first-order valence-corrected chi connectivity index (χ1v) is 8.05. The fourth-order valence-corrected chi connectivity index (χ4v) is 2.42. The van der Waals surface area contributed by atoms with Crippen LogP contribution in [0.3, 0.4) is 0 Å². The molecule has 0 aliphatic heterocycles. The Morgan fingerprint density at radius 3 is 2.37 bits per heavy atom. The molecular weight excluding hydrogens is 282 g/mol. The van der Waals surface area contributed by atoms with Crippen LogP contribution in [0.5, 0.6) is 0 Å². The first-order valence-electron chi connectivity index (χ1n) is 5.87. The average molecular weight is 301 g/mol. The lowest BCUT2D eigenvalue weighted by atomic mass is 10.2. The van der Waals surface area contributed by atoms with E-state index < -0.39 is 10.1 Å². The van der Waals surface area contributed by atoms with Crippen molar-refractivity contribution in [1.29, 1.82) is 0 Å². The van der Waals surface area contributed by atoms with Crippen molar-refractivity contribution in [3.05, 3.63) is 29.8 Å². The lowest BCUT2D eigenvalue weighted by Crippen LogP contribution is -2.09. The van der Waals surface area contributed by atoms with E-state index in [1.165, 1.54) is 30.3 Å². The second-order valence-corrected chi connectivity index (χ2v) is 8.28. The van der Waals surface area contributed by atoms with Crippen molar-refractivity contribution < 1.29 is 12.6 Å². The van der Waals surface area contributed by atoms with Gasteiger partial charge >= 0.3 is 0 Å². The van der Waals surface area contributed by atoms with Gasteiger partial charge in [-0.15, -0.1) is 0 Å². The molecule has 19 heavy (non-hydrogen) atoms. The van der Waals surface area contributed by atoms with Gasteiger partial charge in [0.1, 0.15) is 6.61 Å². The van der Waals surface area contributed by atoms with Gasteiger partial charge in [-0.2, -0.15) is 8.42 Å². The third-order valence-electron chi connectivity index (χ3n) is 2.01. The van der Waals surface area contributed by atoms with Crippen molar-refractivity contribution in [2.24, 2.45) is 4.40 Å². The van der Waals surface area contributed by atoms with Gasteiger partial charge in [0.15, 0.2) is 0 Å². The molecule has 0 spiro atoms. The Morgan fingerprint density at radius 2 is 1.84 bits per heavy atom. The predicted molar refractivity (Wildman–Crippen MR) is 80.2 cm³/mol. The summed E-state index contributed by atoms with van der Waals surface area (Å²) in [6.45, 7) is 7.92. The number of benzene rings is 1. The minimum Gasteiger partial charge on any atom is -0.261 e. The van der Waals surface area contributed by atoms with Crippen LogP contribution >= 0.6 is 11.9 Å². The standard InChI is InChI=1S/C13H19NO3S2/c1-11-5-7-12(8-6-11)19(15,16)17-10-9-14-18-13(2,3)4/h5-9H,10H2,1-4H3. The Labute approximate surface area is 119 Å². The van der Waals surface area contributed by atoms with Crippen LogP contribution in [0.4, 0.5) is 0 Å². The molecule has 0 aromatic heterocycles. The van der Waals surface area contributed by atoms with Gasteiger partial charge in [0.25, 0.3) is 10.1 Å². The summed E-state index contributed by atoms with van der Waals surface area (Å²) in [6.07, 6.45) is 1.46. The molecule has 0 bridgehead atoms. The molecule has 106 valence electrons. The monoisotopic (exact) mass is 301 g/mol.